The van der Waals surface area contributed by atoms with Gasteiger partial charge in [0.25, 0.3) is 0 Å². The Balaban J connectivity index is 2.09. The van der Waals surface area contributed by atoms with Gasteiger partial charge in [-0.05, 0) is 31.2 Å². The Labute approximate surface area is 104 Å². The van der Waals surface area contributed by atoms with Gasteiger partial charge < -0.3 is 4.74 Å². The quantitative estimate of drug-likeness (QED) is 0.687. The van der Waals surface area contributed by atoms with Gasteiger partial charge in [0.15, 0.2) is 0 Å². The third-order valence-electron chi connectivity index (χ3n) is 2.60. The van der Waals surface area contributed by atoms with Crippen LogP contribution in [0.1, 0.15) is 5.56 Å². The minimum absolute atomic E-state index is 0.553. The number of pyridine rings is 1. The summed E-state index contributed by atoms with van der Waals surface area (Å²) in [5, 5.41) is 0.904. The number of nitrogens with zero attached hydrogens (tertiary/aromatic N) is 3. The summed E-state index contributed by atoms with van der Waals surface area (Å²) >= 11 is 0. The third-order valence-corrected chi connectivity index (χ3v) is 2.60. The molecule has 2 heterocycles. The predicted octanol–water partition coefficient (Wildman–Crippen LogP) is 3.13. The van der Waals surface area contributed by atoms with Crippen LogP contribution >= 0.6 is 0 Å². The summed E-state index contributed by atoms with van der Waals surface area (Å²) < 4.78 is 5.73. The molecule has 1 aromatic carbocycles. The molecule has 0 saturated carbocycles. The Morgan fingerprint density at radius 1 is 1.11 bits per heavy atom. The first-order valence-electron chi connectivity index (χ1n) is 5.62. The standard InChI is InChI=1S/C14H11N3O/c1-10-4-5-13-12(7-10)14(17-9-16-13)18-11-3-2-6-15-8-11/h2-9H,1H3. The van der Waals surface area contributed by atoms with Crippen LogP contribution in [-0.2, 0) is 0 Å². The lowest BCUT2D eigenvalue weighted by Gasteiger charge is -2.07. The van der Waals surface area contributed by atoms with Crippen molar-refractivity contribution in [2.75, 3.05) is 0 Å². The molecule has 0 aliphatic carbocycles. The molecule has 0 aliphatic heterocycles. The van der Waals surface area contributed by atoms with Crippen molar-refractivity contribution < 1.29 is 4.74 Å². The maximum atomic E-state index is 5.73. The van der Waals surface area contributed by atoms with Crippen molar-refractivity contribution in [1.82, 2.24) is 15.0 Å². The van der Waals surface area contributed by atoms with Crippen LogP contribution in [0.2, 0.25) is 0 Å². The number of benzene rings is 1. The predicted molar refractivity (Wildman–Crippen MR) is 68.6 cm³/mol. The lowest BCUT2D eigenvalue weighted by molar-refractivity contribution is 0.466. The van der Waals surface area contributed by atoms with Gasteiger partial charge in [-0.1, -0.05) is 11.6 Å². The summed E-state index contributed by atoms with van der Waals surface area (Å²) in [6, 6.07) is 9.66. The highest BCUT2D eigenvalue weighted by Gasteiger charge is 2.06. The van der Waals surface area contributed by atoms with Crippen LogP contribution in [-0.4, -0.2) is 15.0 Å². The highest BCUT2D eigenvalue weighted by molar-refractivity contribution is 5.84. The molecule has 0 N–H and O–H groups in total. The van der Waals surface area contributed by atoms with Gasteiger partial charge >= 0.3 is 0 Å². The van der Waals surface area contributed by atoms with E-state index in [1.165, 1.54) is 6.33 Å². The molecule has 4 heteroatoms. The Kier molecular flexibility index (Phi) is 2.61. The molecule has 4 nitrogen and oxygen atoms in total. The summed E-state index contributed by atoms with van der Waals surface area (Å²) in [4.78, 5) is 12.4. The molecule has 0 saturated heterocycles. The average Bonchev–Trinajstić information content (AvgIpc) is 2.41. The fourth-order valence-corrected chi connectivity index (χ4v) is 1.75. The van der Waals surface area contributed by atoms with Crippen molar-refractivity contribution in [2.45, 2.75) is 6.92 Å². The average molecular weight is 237 g/mol. The summed E-state index contributed by atoms with van der Waals surface area (Å²) in [6.07, 6.45) is 4.86. The molecule has 3 rings (SSSR count). The molecule has 0 amide bonds. The monoisotopic (exact) mass is 237 g/mol. The zero-order chi connectivity index (χ0) is 12.4. The molecular weight excluding hydrogens is 226 g/mol. The lowest BCUT2D eigenvalue weighted by Crippen LogP contribution is -1.92. The zero-order valence-corrected chi connectivity index (χ0v) is 9.87. The van der Waals surface area contributed by atoms with Crippen molar-refractivity contribution in [3.63, 3.8) is 0 Å². The number of fused-ring (bicyclic) bond motifs is 1. The van der Waals surface area contributed by atoms with Crippen molar-refractivity contribution in [1.29, 1.82) is 0 Å². The van der Waals surface area contributed by atoms with Crippen LogP contribution < -0.4 is 4.74 Å². The normalized spacial score (nSPS) is 10.5. The molecule has 88 valence electrons. The summed E-state index contributed by atoms with van der Waals surface area (Å²) in [5.41, 5.74) is 2.02. The van der Waals surface area contributed by atoms with E-state index >= 15 is 0 Å². The van der Waals surface area contributed by atoms with E-state index in [-0.39, 0.29) is 0 Å². The first-order valence-corrected chi connectivity index (χ1v) is 5.62. The summed E-state index contributed by atoms with van der Waals surface area (Å²) in [7, 11) is 0. The number of hydrogen-bond acceptors (Lipinski definition) is 4. The molecule has 0 radical (unpaired) electrons. The van der Waals surface area contributed by atoms with Crippen molar-refractivity contribution in [3.05, 3.63) is 54.6 Å². The van der Waals surface area contributed by atoms with E-state index in [0.717, 1.165) is 16.5 Å². The van der Waals surface area contributed by atoms with Gasteiger partial charge in [-0.2, -0.15) is 0 Å². The molecule has 0 spiro atoms. The molecule has 0 unspecified atom stereocenters. The van der Waals surface area contributed by atoms with Gasteiger partial charge in [-0.3, -0.25) is 4.98 Å². The van der Waals surface area contributed by atoms with E-state index in [1.54, 1.807) is 12.4 Å². The molecule has 18 heavy (non-hydrogen) atoms. The van der Waals surface area contributed by atoms with E-state index < -0.39 is 0 Å². The molecule has 0 aliphatic rings. The van der Waals surface area contributed by atoms with Crippen LogP contribution in [0, 0.1) is 6.92 Å². The topological polar surface area (TPSA) is 47.9 Å². The second-order valence-electron chi connectivity index (χ2n) is 3.99. The van der Waals surface area contributed by atoms with Gasteiger partial charge in [-0.25, -0.2) is 9.97 Å². The summed E-state index contributed by atoms with van der Waals surface area (Å²) in [5.74, 6) is 1.22. The number of aromatic nitrogens is 3. The Morgan fingerprint density at radius 2 is 2.06 bits per heavy atom. The second kappa shape index (κ2) is 4.41. The molecule has 2 aromatic heterocycles. The maximum Gasteiger partial charge on any atom is 0.230 e. The van der Waals surface area contributed by atoms with Crippen LogP contribution in [0.5, 0.6) is 11.6 Å². The van der Waals surface area contributed by atoms with Gasteiger partial charge in [0, 0.05) is 6.20 Å². The minimum Gasteiger partial charge on any atom is -0.437 e. The zero-order valence-electron chi connectivity index (χ0n) is 9.87. The van der Waals surface area contributed by atoms with Crippen molar-refractivity contribution in [3.8, 4) is 11.6 Å². The largest absolute Gasteiger partial charge is 0.437 e. The number of ether oxygens (including phenoxy) is 1. The van der Waals surface area contributed by atoms with Gasteiger partial charge in [0.05, 0.1) is 17.1 Å². The second-order valence-corrected chi connectivity index (χ2v) is 3.99. The van der Waals surface area contributed by atoms with Crippen molar-refractivity contribution >= 4 is 10.9 Å². The van der Waals surface area contributed by atoms with Crippen LogP contribution in [0.15, 0.2) is 49.1 Å². The van der Waals surface area contributed by atoms with Gasteiger partial charge in [-0.15, -0.1) is 0 Å². The first-order chi connectivity index (χ1) is 8.83. The molecular formula is C14H11N3O. The summed E-state index contributed by atoms with van der Waals surface area (Å²) in [6.45, 7) is 2.03. The van der Waals surface area contributed by atoms with E-state index in [4.69, 9.17) is 4.74 Å². The fraction of sp³-hybridized carbons (Fsp3) is 0.0714. The maximum absolute atomic E-state index is 5.73. The third kappa shape index (κ3) is 2.00. The molecule has 0 bridgehead atoms. The number of hydrogen-bond donors (Lipinski definition) is 0. The van der Waals surface area contributed by atoms with E-state index in [0.29, 0.717) is 11.6 Å². The van der Waals surface area contributed by atoms with Crippen LogP contribution in [0.4, 0.5) is 0 Å². The van der Waals surface area contributed by atoms with Gasteiger partial charge in [0.2, 0.25) is 5.88 Å². The molecule has 3 aromatic rings. The Morgan fingerprint density at radius 3 is 2.89 bits per heavy atom. The van der Waals surface area contributed by atoms with E-state index in [1.807, 2.05) is 37.3 Å². The highest BCUT2D eigenvalue weighted by Crippen LogP contribution is 2.26. The van der Waals surface area contributed by atoms with E-state index in [2.05, 4.69) is 15.0 Å². The smallest absolute Gasteiger partial charge is 0.230 e. The van der Waals surface area contributed by atoms with Crippen LogP contribution in [0.25, 0.3) is 10.9 Å². The van der Waals surface area contributed by atoms with Gasteiger partial charge in [0.1, 0.15) is 12.1 Å². The fourth-order valence-electron chi connectivity index (χ4n) is 1.75. The van der Waals surface area contributed by atoms with E-state index in [9.17, 15) is 0 Å². The van der Waals surface area contributed by atoms with Crippen LogP contribution in [0.3, 0.4) is 0 Å². The Bertz CT molecular complexity index is 683. The number of aryl methyl sites for hydroxylation is 1. The lowest BCUT2D eigenvalue weighted by atomic mass is 10.2. The molecule has 0 fully saturated rings. The SMILES string of the molecule is Cc1ccc2ncnc(Oc3cccnc3)c2c1. The Hall–Kier alpha value is -2.49. The number of rotatable bonds is 2. The molecule has 0 atom stereocenters. The van der Waals surface area contributed by atoms with Crippen molar-refractivity contribution in [2.24, 2.45) is 0 Å². The highest BCUT2D eigenvalue weighted by atomic mass is 16.5. The first kappa shape index (κ1) is 10.7. The minimum atomic E-state index is 0.553.